The number of amides is 1. The predicted molar refractivity (Wildman–Crippen MR) is 81.9 cm³/mol. The van der Waals surface area contributed by atoms with Gasteiger partial charge in [0.15, 0.2) is 0 Å². The number of ether oxygens (including phenoxy) is 1. The topological polar surface area (TPSA) is 38.3 Å². The number of carbonyl (C=O) groups is 1. The molecule has 1 aliphatic heterocycles. The minimum atomic E-state index is -0.168. The van der Waals surface area contributed by atoms with Crippen LogP contribution in [-0.2, 0) is 4.74 Å². The van der Waals surface area contributed by atoms with Crippen LogP contribution in [0, 0.1) is 0 Å². The van der Waals surface area contributed by atoms with E-state index in [2.05, 4.69) is 47.7 Å². The van der Waals surface area contributed by atoms with Gasteiger partial charge in [-0.1, -0.05) is 0 Å². The zero-order valence-corrected chi connectivity index (χ0v) is 13.6. The summed E-state index contributed by atoms with van der Waals surface area (Å²) in [6.07, 6.45) is 1.68. The minimum absolute atomic E-state index is 0.0644. The molecule has 3 nitrogen and oxygen atoms in total. The molecular weight excluding hydrogens is 326 g/mol. The summed E-state index contributed by atoms with van der Waals surface area (Å²) in [5, 5.41) is 3.08. The molecule has 1 aromatic rings. The normalized spacial score (nSPS) is 22.0. The molecule has 1 amide bonds. The molecule has 1 fully saturated rings. The summed E-state index contributed by atoms with van der Waals surface area (Å²) < 4.78 is 6.44. The zero-order valence-electron chi connectivity index (χ0n) is 11.1. The Kier molecular flexibility index (Phi) is 4.58. The van der Waals surface area contributed by atoms with Gasteiger partial charge in [-0.05, 0) is 60.8 Å². The first-order valence-electron chi connectivity index (χ1n) is 6.31. The first-order chi connectivity index (χ1) is 8.87. The molecule has 1 N–H and O–H groups in total. The van der Waals surface area contributed by atoms with Gasteiger partial charge in [-0.15, -0.1) is 12.6 Å². The Morgan fingerprint density at radius 1 is 1.53 bits per heavy atom. The van der Waals surface area contributed by atoms with Crippen molar-refractivity contribution in [3.63, 3.8) is 0 Å². The van der Waals surface area contributed by atoms with E-state index in [1.165, 1.54) is 0 Å². The van der Waals surface area contributed by atoms with Crippen molar-refractivity contribution in [2.24, 2.45) is 0 Å². The van der Waals surface area contributed by atoms with Gasteiger partial charge >= 0.3 is 0 Å². The second-order valence-electron chi connectivity index (χ2n) is 5.44. The standard InChI is InChI=1S/C14H18BrNO2S/c1-14(2)8-9(5-6-18-14)16-13(17)11-7-10(19)3-4-12(11)15/h3-4,7,9,19H,5-6,8H2,1-2H3,(H,16,17). The molecule has 2 rings (SSSR count). The van der Waals surface area contributed by atoms with Crippen LogP contribution in [0.15, 0.2) is 27.6 Å². The van der Waals surface area contributed by atoms with Crippen molar-refractivity contribution in [3.05, 3.63) is 28.2 Å². The molecule has 1 aliphatic rings. The summed E-state index contributed by atoms with van der Waals surface area (Å²) in [7, 11) is 0. The third kappa shape index (κ3) is 3.97. The Hall–Kier alpha value is -0.520. The van der Waals surface area contributed by atoms with E-state index in [-0.39, 0.29) is 17.6 Å². The van der Waals surface area contributed by atoms with E-state index in [4.69, 9.17) is 4.74 Å². The third-order valence-electron chi connectivity index (χ3n) is 3.23. The van der Waals surface area contributed by atoms with Crippen molar-refractivity contribution in [3.8, 4) is 0 Å². The molecule has 0 aliphatic carbocycles. The lowest BCUT2D eigenvalue weighted by Gasteiger charge is -2.35. The van der Waals surface area contributed by atoms with Crippen LogP contribution in [-0.4, -0.2) is 24.2 Å². The van der Waals surface area contributed by atoms with Gasteiger partial charge in [0.05, 0.1) is 11.2 Å². The average molecular weight is 344 g/mol. The fourth-order valence-corrected chi connectivity index (χ4v) is 2.94. The second-order valence-corrected chi connectivity index (χ2v) is 6.81. The van der Waals surface area contributed by atoms with Gasteiger partial charge in [0.2, 0.25) is 0 Å². The maximum atomic E-state index is 12.3. The number of hydrogen-bond donors (Lipinski definition) is 2. The smallest absolute Gasteiger partial charge is 0.252 e. The van der Waals surface area contributed by atoms with Crippen LogP contribution in [0.25, 0.3) is 0 Å². The average Bonchev–Trinajstić information content (AvgIpc) is 2.31. The second kappa shape index (κ2) is 5.85. The Bertz CT molecular complexity index is 490. The first kappa shape index (κ1) is 14.9. The van der Waals surface area contributed by atoms with E-state index in [9.17, 15) is 4.79 Å². The summed E-state index contributed by atoms with van der Waals surface area (Å²) in [6, 6.07) is 5.62. The van der Waals surface area contributed by atoms with Crippen LogP contribution in [0.3, 0.4) is 0 Å². The Balaban J connectivity index is 2.06. The maximum Gasteiger partial charge on any atom is 0.252 e. The Labute approximate surface area is 127 Å². The number of nitrogens with one attached hydrogen (secondary N) is 1. The number of halogens is 1. The van der Waals surface area contributed by atoms with Crippen molar-refractivity contribution in [1.29, 1.82) is 0 Å². The van der Waals surface area contributed by atoms with Gasteiger partial charge in [-0.25, -0.2) is 0 Å². The van der Waals surface area contributed by atoms with Crippen LogP contribution < -0.4 is 5.32 Å². The van der Waals surface area contributed by atoms with Gasteiger partial charge in [0.25, 0.3) is 5.91 Å². The van der Waals surface area contributed by atoms with Crippen molar-refractivity contribution in [1.82, 2.24) is 5.32 Å². The predicted octanol–water partition coefficient (Wildman–Crippen LogP) is 3.43. The van der Waals surface area contributed by atoms with Crippen molar-refractivity contribution in [2.75, 3.05) is 6.61 Å². The third-order valence-corrected chi connectivity index (χ3v) is 4.20. The largest absolute Gasteiger partial charge is 0.375 e. The Morgan fingerprint density at radius 3 is 2.95 bits per heavy atom. The van der Waals surface area contributed by atoms with Gasteiger partial charge in [-0.2, -0.15) is 0 Å². The fraction of sp³-hybridized carbons (Fsp3) is 0.500. The highest BCUT2D eigenvalue weighted by atomic mass is 79.9. The van der Waals surface area contributed by atoms with E-state index >= 15 is 0 Å². The van der Waals surface area contributed by atoms with E-state index in [1.54, 1.807) is 6.07 Å². The highest BCUT2D eigenvalue weighted by Crippen LogP contribution is 2.25. The van der Waals surface area contributed by atoms with E-state index in [0.29, 0.717) is 12.2 Å². The van der Waals surface area contributed by atoms with Crippen molar-refractivity contribution < 1.29 is 9.53 Å². The quantitative estimate of drug-likeness (QED) is 0.807. The monoisotopic (exact) mass is 343 g/mol. The number of hydrogen-bond acceptors (Lipinski definition) is 3. The molecule has 1 heterocycles. The highest BCUT2D eigenvalue weighted by molar-refractivity contribution is 9.10. The van der Waals surface area contributed by atoms with Crippen LogP contribution in [0.4, 0.5) is 0 Å². The van der Waals surface area contributed by atoms with E-state index < -0.39 is 0 Å². The molecule has 1 atom stereocenters. The lowest BCUT2D eigenvalue weighted by Crippen LogP contribution is -2.45. The molecule has 0 bridgehead atoms. The van der Waals surface area contributed by atoms with Crippen LogP contribution >= 0.6 is 28.6 Å². The molecule has 0 aromatic heterocycles. The van der Waals surface area contributed by atoms with E-state index in [0.717, 1.165) is 22.2 Å². The van der Waals surface area contributed by atoms with Gasteiger partial charge in [-0.3, -0.25) is 4.79 Å². The molecule has 0 spiro atoms. The number of rotatable bonds is 2. The summed E-state index contributed by atoms with van der Waals surface area (Å²) >= 11 is 7.67. The van der Waals surface area contributed by atoms with Gasteiger partial charge in [0.1, 0.15) is 0 Å². The maximum absolute atomic E-state index is 12.3. The number of carbonyl (C=O) groups excluding carboxylic acids is 1. The molecule has 104 valence electrons. The molecule has 1 aromatic carbocycles. The van der Waals surface area contributed by atoms with Gasteiger partial charge in [0, 0.05) is 22.0 Å². The molecule has 19 heavy (non-hydrogen) atoms. The zero-order chi connectivity index (χ0) is 14.0. The summed E-state index contributed by atoms with van der Waals surface area (Å²) in [5.41, 5.74) is 0.454. The van der Waals surface area contributed by atoms with E-state index in [1.807, 2.05) is 12.1 Å². The SMILES string of the molecule is CC1(C)CC(NC(=O)c2cc(S)ccc2Br)CCO1. The summed E-state index contributed by atoms with van der Waals surface area (Å²) in [6.45, 7) is 4.79. The van der Waals surface area contributed by atoms with Crippen LogP contribution in [0.2, 0.25) is 0 Å². The lowest BCUT2D eigenvalue weighted by atomic mass is 9.94. The van der Waals surface area contributed by atoms with Crippen molar-refractivity contribution >= 4 is 34.5 Å². The van der Waals surface area contributed by atoms with Crippen molar-refractivity contribution in [2.45, 2.75) is 43.2 Å². The molecule has 1 unspecified atom stereocenters. The molecule has 5 heteroatoms. The number of benzene rings is 1. The van der Waals surface area contributed by atoms with Crippen LogP contribution in [0.5, 0.6) is 0 Å². The first-order valence-corrected chi connectivity index (χ1v) is 7.55. The summed E-state index contributed by atoms with van der Waals surface area (Å²) in [4.78, 5) is 13.1. The highest BCUT2D eigenvalue weighted by Gasteiger charge is 2.30. The molecular formula is C14H18BrNO2S. The molecule has 0 radical (unpaired) electrons. The fourth-order valence-electron chi connectivity index (χ4n) is 2.31. The Morgan fingerprint density at radius 2 is 2.26 bits per heavy atom. The number of thiol groups is 1. The van der Waals surface area contributed by atoms with Crippen LogP contribution in [0.1, 0.15) is 37.0 Å². The minimum Gasteiger partial charge on any atom is -0.375 e. The molecule has 1 saturated heterocycles. The lowest BCUT2D eigenvalue weighted by molar-refractivity contribution is -0.0615. The molecule has 0 saturated carbocycles. The van der Waals surface area contributed by atoms with Gasteiger partial charge < -0.3 is 10.1 Å². The summed E-state index contributed by atoms with van der Waals surface area (Å²) in [5.74, 6) is -0.0644.